The first-order valence-corrected chi connectivity index (χ1v) is 26.6. The lowest BCUT2D eigenvalue weighted by atomic mass is 10.1. The second-order valence-corrected chi connectivity index (χ2v) is 16.8. The summed E-state index contributed by atoms with van der Waals surface area (Å²) in [5, 5.41) is 0. The van der Waals surface area contributed by atoms with E-state index < -0.39 is 12.1 Å². The van der Waals surface area contributed by atoms with Crippen LogP contribution in [0.2, 0.25) is 0 Å². The molecule has 1 atom stereocenters. The number of carbonyl (C=O) groups is 3. The van der Waals surface area contributed by atoms with Crippen molar-refractivity contribution in [3.05, 3.63) is 158 Å². The maximum atomic E-state index is 12.8. The number of allylic oxidation sites excluding steroid dienone is 26. The third-order valence-electron chi connectivity index (χ3n) is 10.4. The van der Waals surface area contributed by atoms with Crippen LogP contribution in [0.3, 0.4) is 0 Å². The average Bonchev–Trinajstić information content (AvgIpc) is 3.34. The summed E-state index contributed by atoms with van der Waals surface area (Å²) in [4.78, 5) is 38.0. The summed E-state index contributed by atoms with van der Waals surface area (Å²) in [7, 11) is 0. The smallest absolute Gasteiger partial charge is 0.306 e. The summed E-state index contributed by atoms with van der Waals surface area (Å²) >= 11 is 0. The quantitative estimate of drug-likeness (QED) is 0.0199. The normalized spacial score (nSPS) is 13.4. The molecule has 0 aromatic heterocycles. The summed E-state index contributed by atoms with van der Waals surface area (Å²) < 4.78 is 16.7. The van der Waals surface area contributed by atoms with Crippen LogP contribution in [0.15, 0.2) is 158 Å². The fraction of sp³-hybridized carbons (Fsp3) is 0.532. The minimum atomic E-state index is -0.846. The summed E-state index contributed by atoms with van der Waals surface area (Å²) in [5.41, 5.74) is 0. The minimum absolute atomic E-state index is 0.132. The van der Waals surface area contributed by atoms with Crippen molar-refractivity contribution in [1.82, 2.24) is 0 Å². The van der Waals surface area contributed by atoms with Gasteiger partial charge in [-0.15, -0.1) is 0 Å². The largest absolute Gasteiger partial charge is 0.462 e. The molecule has 6 heteroatoms. The van der Waals surface area contributed by atoms with E-state index in [4.69, 9.17) is 14.2 Å². The zero-order chi connectivity index (χ0) is 49.3. The highest BCUT2D eigenvalue weighted by atomic mass is 16.6. The Hall–Kier alpha value is -4.97. The Bertz CT molecular complexity index is 1590. The van der Waals surface area contributed by atoms with Gasteiger partial charge in [0.25, 0.3) is 0 Å². The molecule has 0 saturated heterocycles. The molecule has 0 saturated carbocycles. The van der Waals surface area contributed by atoms with Gasteiger partial charge in [-0.25, -0.2) is 0 Å². The minimum Gasteiger partial charge on any atom is -0.462 e. The van der Waals surface area contributed by atoms with Gasteiger partial charge in [-0.2, -0.15) is 0 Å². The van der Waals surface area contributed by atoms with E-state index in [-0.39, 0.29) is 38.0 Å². The van der Waals surface area contributed by atoms with Crippen LogP contribution < -0.4 is 0 Å². The first-order chi connectivity index (χ1) is 33.5. The van der Waals surface area contributed by atoms with Gasteiger partial charge < -0.3 is 14.2 Å². The summed E-state index contributed by atoms with van der Waals surface area (Å²) in [6.45, 7) is 6.14. The van der Waals surface area contributed by atoms with Gasteiger partial charge in [0.15, 0.2) is 6.10 Å². The second-order valence-electron chi connectivity index (χ2n) is 16.8. The molecule has 6 nitrogen and oxygen atoms in total. The Morgan fingerprint density at radius 2 is 0.632 bits per heavy atom. The SMILES string of the molecule is CC\C=C/C=C\C=C/C=C\C=C/CCCCCC(=O)OCC(COC(=O)CCCCCCCCCCC/C=C\C/C=C\C/C=C\CC)OC(=O)CC/C=C\C/C=C\C/C=C\C/C=C\C/C=C\CC. The van der Waals surface area contributed by atoms with Crippen LogP contribution in [0.25, 0.3) is 0 Å². The van der Waals surface area contributed by atoms with Crippen molar-refractivity contribution in [2.75, 3.05) is 13.2 Å². The molecular formula is C62H94O6. The van der Waals surface area contributed by atoms with Crippen LogP contribution >= 0.6 is 0 Å². The maximum Gasteiger partial charge on any atom is 0.306 e. The van der Waals surface area contributed by atoms with Crippen molar-refractivity contribution in [1.29, 1.82) is 0 Å². The van der Waals surface area contributed by atoms with Crippen LogP contribution in [0.4, 0.5) is 0 Å². The van der Waals surface area contributed by atoms with Gasteiger partial charge in [-0.05, 0) is 103 Å². The predicted octanol–water partition coefficient (Wildman–Crippen LogP) is 17.8. The highest BCUT2D eigenvalue weighted by molar-refractivity contribution is 5.71. The number of carbonyl (C=O) groups excluding carboxylic acids is 3. The highest BCUT2D eigenvalue weighted by Gasteiger charge is 2.19. The van der Waals surface area contributed by atoms with E-state index in [1.807, 2.05) is 60.8 Å². The lowest BCUT2D eigenvalue weighted by Crippen LogP contribution is -2.30. The Balaban J connectivity index is 4.58. The van der Waals surface area contributed by atoms with E-state index in [2.05, 4.69) is 118 Å². The molecule has 0 spiro atoms. The molecule has 1 unspecified atom stereocenters. The highest BCUT2D eigenvalue weighted by Crippen LogP contribution is 2.13. The molecule has 0 fully saturated rings. The number of rotatable bonds is 45. The molecular weight excluding hydrogens is 841 g/mol. The fourth-order valence-electron chi connectivity index (χ4n) is 6.53. The number of ether oxygens (including phenoxy) is 3. The molecule has 0 aliphatic rings. The average molecular weight is 935 g/mol. The lowest BCUT2D eigenvalue weighted by Gasteiger charge is -2.18. The van der Waals surface area contributed by atoms with E-state index in [9.17, 15) is 14.4 Å². The molecule has 68 heavy (non-hydrogen) atoms. The van der Waals surface area contributed by atoms with E-state index in [1.54, 1.807) is 0 Å². The number of unbranched alkanes of at least 4 members (excludes halogenated alkanes) is 12. The molecule has 0 aromatic carbocycles. The zero-order valence-corrected chi connectivity index (χ0v) is 43.0. The first-order valence-electron chi connectivity index (χ1n) is 26.6. The summed E-state index contributed by atoms with van der Waals surface area (Å²) in [5.74, 6) is -1.08. The van der Waals surface area contributed by atoms with Gasteiger partial charge in [-0.3, -0.25) is 14.4 Å². The molecule has 0 radical (unpaired) electrons. The molecule has 378 valence electrons. The predicted molar refractivity (Wildman–Crippen MR) is 292 cm³/mol. The standard InChI is InChI=1S/C62H94O6/c1-4-7-10-13-16-19-22-25-28-30-31-32-35-37-40-43-46-49-52-55-61(64)67-58-59(57-66-60(63)54-51-48-45-42-39-36-33-27-24-21-18-15-12-9-6-3)68-62(65)56-53-50-47-44-41-38-34-29-26-23-20-17-14-11-8-5-2/h7-12,15-21,24-29,33,36,38-39,41,47,50,59H,4-6,13-14,22-23,30-32,34-35,37,40,42-46,48-49,51-58H2,1-3H3/b10-7-,11-8-,12-9-,18-15-,19-16-,20-17-,24-21-,28-25-,29-26-,33-27-,39-36-,41-38-,50-47-. The van der Waals surface area contributed by atoms with E-state index in [1.165, 1.54) is 38.5 Å². The lowest BCUT2D eigenvalue weighted by molar-refractivity contribution is -0.166. The topological polar surface area (TPSA) is 78.9 Å². The molecule has 0 N–H and O–H groups in total. The third kappa shape index (κ3) is 52.0. The van der Waals surface area contributed by atoms with Crippen LogP contribution in [0, 0.1) is 0 Å². The van der Waals surface area contributed by atoms with Crippen LogP contribution in [-0.4, -0.2) is 37.2 Å². The van der Waals surface area contributed by atoms with Crippen molar-refractivity contribution >= 4 is 17.9 Å². The molecule has 0 rings (SSSR count). The summed E-state index contributed by atoms with van der Waals surface area (Å²) in [6, 6.07) is 0. The van der Waals surface area contributed by atoms with Crippen molar-refractivity contribution < 1.29 is 28.6 Å². The van der Waals surface area contributed by atoms with E-state index in [0.29, 0.717) is 19.3 Å². The van der Waals surface area contributed by atoms with Crippen molar-refractivity contribution in [3.63, 3.8) is 0 Å². The van der Waals surface area contributed by atoms with Gasteiger partial charge in [0.2, 0.25) is 0 Å². The third-order valence-corrected chi connectivity index (χ3v) is 10.4. The van der Waals surface area contributed by atoms with Crippen LogP contribution in [0.5, 0.6) is 0 Å². The fourth-order valence-corrected chi connectivity index (χ4v) is 6.53. The molecule has 0 bridgehead atoms. The van der Waals surface area contributed by atoms with Crippen molar-refractivity contribution in [3.8, 4) is 0 Å². The Kier molecular flexibility index (Phi) is 50.6. The van der Waals surface area contributed by atoms with Crippen LogP contribution in [-0.2, 0) is 28.6 Å². The zero-order valence-electron chi connectivity index (χ0n) is 43.0. The molecule has 0 aliphatic heterocycles. The van der Waals surface area contributed by atoms with Crippen LogP contribution in [0.1, 0.15) is 194 Å². The molecule has 0 heterocycles. The van der Waals surface area contributed by atoms with E-state index >= 15 is 0 Å². The molecule has 0 amide bonds. The summed E-state index contributed by atoms with van der Waals surface area (Å²) in [6.07, 6.45) is 79.5. The van der Waals surface area contributed by atoms with E-state index in [0.717, 1.165) is 103 Å². The Labute approximate surface area is 416 Å². The monoisotopic (exact) mass is 935 g/mol. The number of hydrogen-bond donors (Lipinski definition) is 0. The number of esters is 3. The molecule has 0 aliphatic carbocycles. The van der Waals surface area contributed by atoms with Gasteiger partial charge in [0.1, 0.15) is 13.2 Å². The van der Waals surface area contributed by atoms with Gasteiger partial charge in [0, 0.05) is 19.3 Å². The van der Waals surface area contributed by atoms with Crippen molar-refractivity contribution in [2.45, 2.75) is 200 Å². The molecule has 0 aromatic rings. The van der Waals surface area contributed by atoms with Gasteiger partial charge in [-0.1, -0.05) is 230 Å². The Morgan fingerprint density at radius 1 is 0.309 bits per heavy atom. The van der Waals surface area contributed by atoms with Gasteiger partial charge >= 0.3 is 17.9 Å². The first kappa shape index (κ1) is 63.0. The van der Waals surface area contributed by atoms with Crippen molar-refractivity contribution in [2.24, 2.45) is 0 Å². The number of hydrogen-bond acceptors (Lipinski definition) is 6. The second kappa shape index (κ2) is 54.6. The maximum absolute atomic E-state index is 12.8. The Morgan fingerprint density at radius 3 is 1.07 bits per heavy atom. The van der Waals surface area contributed by atoms with Gasteiger partial charge in [0.05, 0.1) is 0 Å².